The van der Waals surface area contributed by atoms with Crippen molar-refractivity contribution in [2.45, 2.75) is 30.5 Å². The van der Waals surface area contributed by atoms with Gasteiger partial charge >= 0.3 is 6.03 Å². The molecule has 2 atom stereocenters. The quantitative estimate of drug-likeness (QED) is 0.482. The van der Waals surface area contributed by atoms with Gasteiger partial charge in [-0.05, 0) is 37.6 Å². The topological polar surface area (TPSA) is 140 Å². The van der Waals surface area contributed by atoms with Crippen molar-refractivity contribution in [3.05, 3.63) is 41.9 Å². The van der Waals surface area contributed by atoms with Gasteiger partial charge in [0.2, 0.25) is 5.82 Å². The maximum Gasteiger partial charge on any atom is 0.319 e. The summed E-state index contributed by atoms with van der Waals surface area (Å²) in [6.07, 6.45) is -0.957. The number of rotatable bonds is 7. The third kappa shape index (κ3) is 5.27. The lowest BCUT2D eigenvalue weighted by Gasteiger charge is -2.36. The summed E-state index contributed by atoms with van der Waals surface area (Å²) >= 11 is 0. The first-order valence-corrected chi connectivity index (χ1v) is 13.4. The Morgan fingerprint density at radius 1 is 1.14 bits per heavy atom. The van der Waals surface area contributed by atoms with E-state index in [-0.39, 0.29) is 37.2 Å². The van der Waals surface area contributed by atoms with Gasteiger partial charge in [-0.3, -0.25) is 4.57 Å². The van der Waals surface area contributed by atoms with Crippen LogP contribution in [0.5, 0.6) is 11.5 Å². The fourth-order valence-corrected chi connectivity index (χ4v) is 6.14. The van der Waals surface area contributed by atoms with Crippen molar-refractivity contribution in [2.75, 3.05) is 41.4 Å². The van der Waals surface area contributed by atoms with Crippen LogP contribution < -0.4 is 9.47 Å². The molecule has 3 heterocycles. The monoisotopic (exact) mass is 533 g/mol. The number of ether oxygens (including phenoxy) is 2. The van der Waals surface area contributed by atoms with Crippen LogP contribution in [0.4, 0.5) is 4.79 Å². The van der Waals surface area contributed by atoms with E-state index in [0.717, 1.165) is 0 Å². The van der Waals surface area contributed by atoms with Gasteiger partial charge in [0, 0.05) is 27.2 Å². The average molecular weight is 534 g/mol. The molecular formula is C24H31N5O7S. The van der Waals surface area contributed by atoms with Gasteiger partial charge in [-0.25, -0.2) is 13.2 Å². The van der Waals surface area contributed by atoms with Gasteiger partial charge < -0.3 is 28.8 Å². The summed E-state index contributed by atoms with van der Waals surface area (Å²) in [7, 11) is 2.24. The van der Waals surface area contributed by atoms with E-state index in [1.807, 2.05) is 0 Å². The summed E-state index contributed by atoms with van der Waals surface area (Å²) in [6, 6.07) is 8.31. The minimum atomic E-state index is -3.90. The number of para-hydroxylation sites is 1. The number of hydrogen-bond acceptors (Lipinski definition) is 9. The minimum Gasteiger partial charge on any atom is -0.494 e. The third-order valence-corrected chi connectivity index (χ3v) is 8.22. The number of furan rings is 1. The van der Waals surface area contributed by atoms with Crippen LogP contribution in [0.1, 0.15) is 18.0 Å². The molecule has 1 fully saturated rings. The summed E-state index contributed by atoms with van der Waals surface area (Å²) in [5, 5.41) is 17.9. The lowest BCUT2D eigenvalue weighted by atomic mass is 10.1. The van der Waals surface area contributed by atoms with Crippen LogP contribution in [0.25, 0.3) is 17.3 Å². The van der Waals surface area contributed by atoms with Gasteiger partial charge in [0.15, 0.2) is 21.4 Å². The van der Waals surface area contributed by atoms with Crippen molar-refractivity contribution in [3.8, 4) is 28.8 Å². The molecule has 0 bridgehead atoms. The second-order valence-electron chi connectivity index (χ2n) is 9.10. The number of sulfone groups is 1. The largest absolute Gasteiger partial charge is 0.494 e. The molecule has 2 aromatic heterocycles. The Bertz CT molecular complexity index is 1360. The zero-order valence-corrected chi connectivity index (χ0v) is 22.2. The van der Waals surface area contributed by atoms with Crippen molar-refractivity contribution in [3.63, 3.8) is 0 Å². The highest BCUT2D eigenvalue weighted by molar-refractivity contribution is 7.91. The normalized spacial score (nSPS) is 18.1. The molecule has 1 saturated heterocycles. The number of piperidine rings is 1. The van der Waals surface area contributed by atoms with E-state index in [2.05, 4.69) is 10.2 Å². The predicted molar refractivity (Wildman–Crippen MR) is 135 cm³/mol. The molecule has 37 heavy (non-hydrogen) atoms. The zero-order valence-electron chi connectivity index (χ0n) is 21.4. The Morgan fingerprint density at radius 3 is 2.38 bits per heavy atom. The second kappa shape index (κ2) is 10.4. The Labute approximate surface area is 215 Å². The molecule has 200 valence electrons. The molecule has 2 amide bonds. The number of aryl methyl sites for hydroxylation is 1. The van der Waals surface area contributed by atoms with Crippen LogP contribution in [0, 0.1) is 6.92 Å². The molecule has 13 heteroatoms. The molecule has 3 aromatic rings. The molecule has 0 spiro atoms. The first kappa shape index (κ1) is 26.5. The van der Waals surface area contributed by atoms with Gasteiger partial charge in [0.25, 0.3) is 0 Å². The van der Waals surface area contributed by atoms with Crippen LogP contribution in [0.3, 0.4) is 0 Å². The lowest BCUT2D eigenvalue weighted by molar-refractivity contribution is 0.0776. The molecule has 1 aliphatic rings. The number of aliphatic hydroxyl groups is 1. The van der Waals surface area contributed by atoms with Crippen LogP contribution in [0.15, 0.2) is 34.7 Å². The smallest absolute Gasteiger partial charge is 0.319 e. The van der Waals surface area contributed by atoms with Crippen LogP contribution >= 0.6 is 0 Å². The van der Waals surface area contributed by atoms with E-state index >= 15 is 0 Å². The third-order valence-electron chi connectivity index (χ3n) is 6.20. The van der Waals surface area contributed by atoms with Crippen LogP contribution in [-0.4, -0.2) is 96.9 Å². The highest BCUT2D eigenvalue weighted by Crippen LogP contribution is 2.37. The summed E-state index contributed by atoms with van der Waals surface area (Å²) in [5.74, 6) is 1.75. The van der Waals surface area contributed by atoms with Gasteiger partial charge in [0.05, 0.1) is 25.6 Å². The number of amides is 2. The maximum absolute atomic E-state index is 13.7. The number of nitrogens with zero attached hydrogens (tertiary/aromatic N) is 5. The first-order valence-electron chi connectivity index (χ1n) is 11.6. The first-order chi connectivity index (χ1) is 17.6. The zero-order chi connectivity index (χ0) is 26.9. The highest BCUT2D eigenvalue weighted by atomic mass is 32.2. The fourth-order valence-electron chi connectivity index (χ4n) is 4.44. The molecule has 0 unspecified atom stereocenters. The lowest BCUT2D eigenvalue weighted by Crippen LogP contribution is -2.53. The molecule has 4 rings (SSSR count). The maximum atomic E-state index is 13.7. The number of methoxy groups -OCH3 is 2. The molecule has 1 aromatic carbocycles. The van der Waals surface area contributed by atoms with Crippen molar-refractivity contribution < 1.29 is 32.2 Å². The fraction of sp³-hybridized carbons (Fsp3) is 0.458. The SMILES string of the molecule is COc1cccc(OC)c1-n1c(CS(=O)(=O)[C@H]2C[C@@H](O)CN(C(=O)N(C)C)C2)nnc1-c1ccc(C)o1. The van der Waals surface area contributed by atoms with E-state index in [4.69, 9.17) is 13.9 Å². The molecule has 1 N–H and O–H groups in total. The molecule has 1 aliphatic heterocycles. The Morgan fingerprint density at radius 2 is 1.81 bits per heavy atom. The summed E-state index contributed by atoms with van der Waals surface area (Å²) < 4.78 is 45.8. The number of urea groups is 1. The molecule has 0 aliphatic carbocycles. The molecular weight excluding hydrogens is 502 g/mol. The number of β-amino-alcohol motifs (C(OH)–C–C–N with tert-alkyl or cyclic N) is 1. The van der Waals surface area contributed by atoms with E-state index < -0.39 is 26.9 Å². The van der Waals surface area contributed by atoms with E-state index in [9.17, 15) is 18.3 Å². The summed E-state index contributed by atoms with van der Waals surface area (Å²) in [5.41, 5.74) is 0.417. The van der Waals surface area contributed by atoms with Gasteiger partial charge in [0.1, 0.15) is 28.7 Å². The molecule has 0 radical (unpaired) electrons. The van der Waals surface area contributed by atoms with Crippen molar-refractivity contribution in [1.29, 1.82) is 0 Å². The second-order valence-corrected chi connectivity index (χ2v) is 11.4. The summed E-state index contributed by atoms with van der Waals surface area (Å²) in [6.45, 7) is 1.82. The Kier molecular flexibility index (Phi) is 7.46. The summed E-state index contributed by atoms with van der Waals surface area (Å²) in [4.78, 5) is 15.2. The number of benzene rings is 1. The van der Waals surface area contributed by atoms with Crippen molar-refractivity contribution in [1.82, 2.24) is 24.6 Å². The Hall–Kier alpha value is -3.58. The number of carbonyl (C=O) groups excluding carboxylic acids is 1. The van der Waals surface area contributed by atoms with Crippen LogP contribution in [-0.2, 0) is 15.6 Å². The number of hydrogen-bond donors (Lipinski definition) is 1. The van der Waals surface area contributed by atoms with E-state index in [1.165, 1.54) is 24.0 Å². The molecule has 0 saturated carbocycles. The highest BCUT2D eigenvalue weighted by Gasteiger charge is 2.38. The molecule has 12 nitrogen and oxygen atoms in total. The van der Waals surface area contributed by atoms with Crippen LogP contribution in [0.2, 0.25) is 0 Å². The average Bonchev–Trinajstić information content (AvgIpc) is 3.47. The predicted octanol–water partition coefficient (Wildman–Crippen LogP) is 1.88. The minimum absolute atomic E-state index is 0.00982. The van der Waals surface area contributed by atoms with Gasteiger partial charge in [-0.1, -0.05) is 6.07 Å². The van der Waals surface area contributed by atoms with Gasteiger partial charge in [-0.2, -0.15) is 0 Å². The van der Waals surface area contributed by atoms with Crippen molar-refractivity contribution >= 4 is 15.9 Å². The number of carbonyl (C=O) groups is 1. The number of likely N-dealkylation sites (tertiary alicyclic amines) is 1. The number of aliphatic hydroxyl groups excluding tert-OH is 1. The standard InChI is InChI=1S/C24H31N5O7S/c1-15-9-10-20(36-15)23-26-25-21(29(23)22-18(34-4)7-6-8-19(22)35-5)14-37(32,33)17-11-16(30)12-28(13-17)24(31)27(2)3/h6-10,16-17,30H,11-14H2,1-5H3/t16-,17+/m1/s1. The van der Waals surface area contributed by atoms with Crippen molar-refractivity contribution in [2.24, 2.45) is 0 Å². The van der Waals surface area contributed by atoms with E-state index in [1.54, 1.807) is 55.9 Å². The number of aromatic nitrogens is 3. The van der Waals surface area contributed by atoms with E-state index in [0.29, 0.717) is 28.7 Å². The van der Waals surface area contributed by atoms with Gasteiger partial charge in [-0.15, -0.1) is 10.2 Å². The Balaban J connectivity index is 1.79.